The molecular weight excluding hydrogens is 529 g/mol. The van der Waals surface area contributed by atoms with Gasteiger partial charge in [0, 0.05) is 12.6 Å². The number of hydrogen-bond donors (Lipinski definition) is 1. The van der Waals surface area contributed by atoms with Crippen molar-refractivity contribution in [2.45, 2.75) is 69.5 Å². The van der Waals surface area contributed by atoms with Crippen LogP contribution in [-0.4, -0.2) is 43.8 Å². The maximum absolute atomic E-state index is 15.0. The van der Waals surface area contributed by atoms with Crippen LogP contribution in [0.2, 0.25) is 0 Å². The molecular formula is C31H36FN3O4S. The molecule has 0 aromatic heterocycles. The topological polar surface area (TPSA) is 86.8 Å². The fourth-order valence-corrected chi connectivity index (χ4v) is 6.37. The summed E-state index contributed by atoms with van der Waals surface area (Å²) in [6.45, 7) is 3.01. The third-order valence-corrected chi connectivity index (χ3v) is 9.10. The zero-order valence-corrected chi connectivity index (χ0v) is 23.7. The summed E-state index contributed by atoms with van der Waals surface area (Å²) in [7, 11) is -4.31. The lowest BCUT2D eigenvalue weighted by molar-refractivity contribution is -0.139. The summed E-state index contributed by atoms with van der Waals surface area (Å²) in [6, 6.07) is 19.8. The molecule has 0 saturated heterocycles. The molecule has 0 radical (unpaired) electrons. The van der Waals surface area contributed by atoms with Gasteiger partial charge in [-0.05, 0) is 56.5 Å². The van der Waals surface area contributed by atoms with E-state index in [1.165, 1.54) is 35.2 Å². The number of amides is 2. The van der Waals surface area contributed by atoms with E-state index in [-0.39, 0.29) is 29.1 Å². The van der Waals surface area contributed by atoms with E-state index in [2.05, 4.69) is 5.32 Å². The molecule has 2 amide bonds. The molecule has 4 rings (SSSR count). The molecule has 0 heterocycles. The standard InChI is InChI=1S/C31H36FN3O4S/c1-23-17-19-25(20-18-23)21-34(24(2)31(37)33-26-11-5-3-6-12-26)30(36)22-35(29-16-10-9-15-28(29)32)40(38,39)27-13-7-4-8-14-27/h4,7-10,13-20,24,26H,3,5-6,11-12,21-22H2,1-2H3,(H,33,37)/t24-/m1/s1. The molecule has 40 heavy (non-hydrogen) atoms. The van der Waals surface area contributed by atoms with Gasteiger partial charge >= 0.3 is 0 Å². The Morgan fingerprint density at radius 2 is 1.55 bits per heavy atom. The monoisotopic (exact) mass is 565 g/mol. The predicted octanol–water partition coefficient (Wildman–Crippen LogP) is 5.20. The van der Waals surface area contributed by atoms with Crippen LogP contribution in [0, 0.1) is 12.7 Å². The van der Waals surface area contributed by atoms with Gasteiger partial charge in [0.25, 0.3) is 10.0 Å². The lowest BCUT2D eigenvalue weighted by atomic mass is 9.95. The van der Waals surface area contributed by atoms with E-state index < -0.39 is 34.3 Å². The first-order chi connectivity index (χ1) is 19.2. The molecule has 9 heteroatoms. The van der Waals surface area contributed by atoms with Crippen molar-refractivity contribution in [3.63, 3.8) is 0 Å². The molecule has 0 spiro atoms. The molecule has 1 fully saturated rings. The number of rotatable bonds is 10. The summed E-state index contributed by atoms with van der Waals surface area (Å²) in [5, 5.41) is 3.07. The second-order valence-corrected chi connectivity index (χ2v) is 12.2. The molecule has 0 aliphatic heterocycles. The minimum absolute atomic E-state index is 0.0494. The lowest BCUT2D eigenvalue weighted by Gasteiger charge is -2.33. The van der Waals surface area contributed by atoms with Crippen LogP contribution in [0.4, 0.5) is 10.1 Å². The number of para-hydroxylation sites is 1. The summed E-state index contributed by atoms with van der Waals surface area (Å²) < 4.78 is 43.2. The highest BCUT2D eigenvalue weighted by atomic mass is 32.2. The Morgan fingerprint density at radius 3 is 2.20 bits per heavy atom. The van der Waals surface area contributed by atoms with Crippen molar-refractivity contribution in [1.29, 1.82) is 0 Å². The summed E-state index contributed by atoms with van der Waals surface area (Å²) in [4.78, 5) is 28.6. The second-order valence-electron chi connectivity index (χ2n) is 10.3. The minimum atomic E-state index is -4.31. The van der Waals surface area contributed by atoms with Crippen LogP contribution in [0.3, 0.4) is 0 Å². The first kappa shape index (κ1) is 29.3. The Bertz CT molecular complexity index is 1410. The maximum Gasteiger partial charge on any atom is 0.264 e. The van der Waals surface area contributed by atoms with Crippen LogP contribution in [0.1, 0.15) is 50.2 Å². The zero-order valence-electron chi connectivity index (χ0n) is 22.9. The van der Waals surface area contributed by atoms with Crippen molar-refractivity contribution in [2.24, 2.45) is 0 Å². The van der Waals surface area contributed by atoms with E-state index in [9.17, 15) is 22.4 Å². The Balaban J connectivity index is 1.67. The number of carbonyl (C=O) groups is 2. The van der Waals surface area contributed by atoms with Gasteiger partial charge in [0.1, 0.15) is 18.4 Å². The lowest BCUT2D eigenvalue weighted by Crippen LogP contribution is -2.53. The van der Waals surface area contributed by atoms with Gasteiger partial charge in [-0.3, -0.25) is 13.9 Å². The molecule has 1 aliphatic rings. The van der Waals surface area contributed by atoms with Gasteiger partial charge in [0.2, 0.25) is 11.8 Å². The summed E-state index contributed by atoms with van der Waals surface area (Å²) >= 11 is 0. The third kappa shape index (κ3) is 7.07. The molecule has 1 aliphatic carbocycles. The largest absolute Gasteiger partial charge is 0.352 e. The number of anilines is 1. The van der Waals surface area contributed by atoms with Gasteiger partial charge in [-0.25, -0.2) is 12.8 Å². The normalized spacial score (nSPS) is 14.8. The number of nitrogens with one attached hydrogen (secondary N) is 1. The van der Waals surface area contributed by atoms with Gasteiger partial charge in [-0.15, -0.1) is 0 Å². The van der Waals surface area contributed by atoms with Crippen molar-refractivity contribution in [1.82, 2.24) is 10.2 Å². The SMILES string of the molecule is Cc1ccc(CN(C(=O)CN(c2ccccc2F)S(=O)(=O)c2ccccc2)[C@H](C)C(=O)NC2CCCCC2)cc1. The summed E-state index contributed by atoms with van der Waals surface area (Å²) in [5.41, 5.74) is 1.60. The van der Waals surface area contributed by atoms with Crippen molar-refractivity contribution in [2.75, 3.05) is 10.8 Å². The molecule has 1 N–H and O–H groups in total. The Morgan fingerprint density at radius 1 is 0.925 bits per heavy atom. The molecule has 1 atom stereocenters. The van der Waals surface area contributed by atoms with Gasteiger partial charge in [0.05, 0.1) is 10.6 Å². The Kier molecular flexibility index (Phi) is 9.58. The van der Waals surface area contributed by atoms with Crippen molar-refractivity contribution in [3.05, 3.63) is 95.8 Å². The van der Waals surface area contributed by atoms with Crippen LogP contribution in [0.25, 0.3) is 0 Å². The summed E-state index contributed by atoms with van der Waals surface area (Å²) in [5.74, 6) is -1.69. The number of carbonyl (C=O) groups excluding carboxylic acids is 2. The number of halogens is 1. The van der Waals surface area contributed by atoms with E-state index in [1.54, 1.807) is 25.1 Å². The van der Waals surface area contributed by atoms with Crippen LogP contribution in [0.5, 0.6) is 0 Å². The van der Waals surface area contributed by atoms with Crippen molar-refractivity contribution in [3.8, 4) is 0 Å². The minimum Gasteiger partial charge on any atom is -0.352 e. The Hall–Kier alpha value is -3.72. The fourth-order valence-electron chi connectivity index (χ4n) is 4.93. The molecule has 1 saturated carbocycles. The highest BCUT2D eigenvalue weighted by Gasteiger charge is 2.34. The van der Waals surface area contributed by atoms with E-state index >= 15 is 0 Å². The molecule has 0 unspecified atom stereocenters. The molecule has 3 aromatic rings. The van der Waals surface area contributed by atoms with E-state index in [0.29, 0.717) is 0 Å². The molecule has 212 valence electrons. The number of aryl methyl sites for hydroxylation is 1. The smallest absolute Gasteiger partial charge is 0.264 e. The fraction of sp³-hybridized carbons (Fsp3) is 0.355. The van der Waals surface area contributed by atoms with Crippen molar-refractivity contribution >= 4 is 27.5 Å². The predicted molar refractivity (Wildman–Crippen MR) is 154 cm³/mol. The maximum atomic E-state index is 15.0. The molecule has 7 nitrogen and oxygen atoms in total. The van der Waals surface area contributed by atoms with Gasteiger partial charge in [-0.1, -0.05) is 79.4 Å². The van der Waals surface area contributed by atoms with Gasteiger partial charge in [-0.2, -0.15) is 0 Å². The summed E-state index contributed by atoms with van der Waals surface area (Å²) in [6.07, 6.45) is 5.00. The average Bonchev–Trinajstić information content (AvgIpc) is 2.96. The zero-order chi connectivity index (χ0) is 28.7. The van der Waals surface area contributed by atoms with E-state index in [0.717, 1.165) is 53.6 Å². The molecule has 3 aromatic carbocycles. The molecule has 0 bridgehead atoms. The van der Waals surface area contributed by atoms with Crippen LogP contribution in [0.15, 0.2) is 83.8 Å². The highest BCUT2D eigenvalue weighted by Crippen LogP contribution is 2.27. The van der Waals surface area contributed by atoms with Crippen LogP contribution < -0.4 is 9.62 Å². The van der Waals surface area contributed by atoms with E-state index in [1.807, 2.05) is 31.2 Å². The number of benzene rings is 3. The second kappa shape index (κ2) is 13.1. The Labute approximate surface area is 236 Å². The van der Waals surface area contributed by atoms with Gasteiger partial charge < -0.3 is 10.2 Å². The number of sulfonamides is 1. The third-order valence-electron chi connectivity index (χ3n) is 7.32. The average molecular weight is 566 g/mol. The van der Waals surface area contributed by atoms with Crippen molar-refractivity contribution < 1.29 is 22.4 Å². The van der Waals surface area contributed by atoms with E-state index in [4.69, 9.17) is 0 Å². The van der Waals surface area contributed by atoms with Crippen LogP contribution in [-0.2, 0) is 26.2 Å². The highest BCUT2D eigenvalue weighted by molar-refractivity contribution is 7.92. The quantitative estimate of drug-likeness (QED) is 0.366. The number of hydrogen-bond acceptors (Lipinski definition) is 4. The van der Waals surface area contributed by atoms with Crippen LogP contribution >= 0.6 is 0 Å². The number of nitrogens with zero attached hydrogens (tertiary/aromatic N) is 2. The first-order valence-electron chi connectivity index (χ1n) is 13.6. The first-order valence-corrected chi connectivity index (χ1v) is 15.1. The van der Waals surface area contributed by atoms with Gasteiger partial charge in [0.15, 0.2) is 0 Å².